The molecule has 1 saturated heterocycles. The highest BCUT2D eigenvalue weighted by molar-refractivity contribution is 5.92. The summed E-state index contributed by atoms with van der Waals surface area (Å²) in [6, 6.07) is 1.63. The van der Waals surface area contributed by atoms with Crippen molar-refractivity contribution in [2.45, 2.75) is 32.3 Å². The van der Waals surface area contributed by atoms with E-state index in [0.717, 1.165) is 25.9 Å². The molecule has 16 heavy (non-hydrogen) atoms. The van der Waals surface area contributed by atoms with Crippen LogP contribution in [0.25, 0.3) is 0 Å². The lowest BCUT2D eigenvalue weighted by Gasteiger charge is -2.29. The molecule has 2 heterocycles. The summed E-state index contributed by atoms with van der Waals surface area (Å²) in [6.07, 6.45) is 4.14. The van der Waals surface area contributed by atoms with E-state index in [-0.39, 0.29) is 17.9 Å². The van der Waals surface area contributed by atoms with Crippen molar-refractivity contribution in [2.24, 2.45) is 5.92 Å². The van der Waals surface area contributed by atoms with Gasteiger partial charge in [-0.25, -0.2) is 0 Å². The number of hydrogen-bond donors (Lipinski definition) is 1. The molecule has 1 amide bonds. The number of nitrogens with zero attached hydrogens (tertiary/aromatic N) is 1. The molecule has 1 aliphatic heterocycles. The standard InChI is InChI=1S/C11H16N2O3/c1-2-9-8(4-3-6-15-9)11(14)12-10-5-7-16-13-10/h5,7-9H,2-4,6H2,1H3,(H,12,13,14). The Labute approximate surface area is 94.1 Å². The molecule has 0 saturated carbocycles. The Bertz CT molecular complexity index is 337. The molecule has 88 valence electrons. The van der Waals surface area contributed by atoms with Gasteiger partial charge in [0.2, 0.25) is 5.91 Å². The molecule has 2 atom stereocenters. The monoisotopic (exact) mass is 224 g/mol. The largest absolute Gasteiger partial charge is 0.377 e. The van der Waals surface area contributed by atoms with Gasteiger partial charge in [0.05, 0.1) is 12.0 Å². The molecule has 1 N–H and O–H groups in total. The van der Waals surface area contributed by atoms with E-state index in [1.54, 1.807) is 6.07 Å². The lowest BCUT2D eigenvalue weighted by Crippen LogP contribution is -2.37. The molecule has 1 aromatic heterocycles. The quantitative estimate of drug-likeness (QED) is 0.850. The molecule has 0 aromatic carbocycles. The van der Waals surface area contributed by atoms with Crippen LogP contribution >= 0.6 is 0 Å². The fraction of sp³-hybridized carbons (Fsp3) is 0.636. The lowest BCUT2D eigenvalue weighted by atomic mass is 9.92. The molecule has 1 aromatic rings. The van der Waals surface area contributed by atoms with Gasteiger partial charge in [-0.2, -0.15) is 0 Å². The molecule has 5 nitrogen and oxygen atoms in total. The molecule has 1 aliphatic rings. The molecule has 0 bridgehead atoms. The van der Waals surface area contributed by atoms with Gasteiger partial charge in [0.25, 0.3) is 0 Å². The van der Waals surface area contributed by atoms with Crippen LogP contribution in [-0.2, 0) is 9.53 Å². The summed E-state index contributed by atoms with van der Waals surface area (Å²) in [5, 5.41) is 6.39. The predicted octanol–water partition coefficient (Wildman–Crippen LogP) is 1.82. The van der Waals surface area contributed by atoms with Crippen LogP contribution in [0.5, 0.6) is 0 Å². The van der Waals surface area contributed by atoms with Crippen LogP contribution in [-0.4, -0.2) is 23.8 Å². The maximum absolute atomic E-state index is 12.0. The molecular weight excluding hydrogens is 208 g/mol. The smallest absolute Gasteiger partial charge is 0.231 e. The van der Waals surface area contributed by atoms with Gasteiger partial charge in [-0.1, -0.05) is 12.1 Å². The lowest BCUT2D eigenvalue weighted by molar-refractivity contribution is -0.129. The highest BCUT2D eigenvalue weighted by atomic mass is 16.5. The Morgan fingerprint density at radius 1 is 1.69 bits per heavy atom. The number of amides is 1. The van der Waals surface area contributed by atoms with Crippen molar-refractivity contribution in [1.82, 2.24) is 5.16 Å². The summed E-state index contributed by atoms with van der Waals surface area (Å²) in [7, 11) is 0. The third-order valence-electron chi connectivity index (χ3n) is 2.87. The molecule has 0 aliphatic carbocycles. The molecule has 0 spiro atoms. The second-order valence-corrected chi connectivity index (χ2v) is 3.94. The second kappa shape index (κ2) is 5.12. The number of carbonyl (C=O) groups is 1. The zero-order valence-electron chi connectivity index (χ0n) is 9.31. The first-order valence-electron chi connectivity index (χ1n) is 5.64. The Hall–Kier alpha value is -1.36. The summed E-state index contributed by atoms with van der Waals surface area (Å²) in [5.74, 6) is 0.362. The summed E-state index contributed by atoms with van der Waals surface area (Å²) in [5.41, 5.74) is 0. The first-order chi connectivity index (χ1) is 7.81. The van der Waals surface area contributed by atoms with E-state index in [2.05, 4.69) is 15.0 Å². The van der Waals surface area contributed by atoms with Crippen LogP contribution in [0.3, 0.4) is 0 Å². The maximum atomic E-state index is 12.0. The van der Waals surface area contributed by atoms with Crippen molar-refractivity contribution < 1.29 is 14.1 Å². The number of carbonyl (C=O) groups excluding carboxylic acids is 1. The topological polar surface area (TPSA) is 64.4 Å². The number of aromatic nitrogens is 1. The molecule has 2 rings (SSSR count). The first-order valence-corrected chi connectivity index (χ1v) is 5.64. The summed E-state index contributed by atoms with van der Waals surface area (Å²) < 4.78 is 10.2. The normalized spacial score (nSPS) is 25.3. The van der Waals surface area contributed by atoms with Gasteiger partial charge in [0.15, 0.2) is 5.82 Å². The summed E-state index contributed by atoms with van der Waals surface area (Å²) in [4.78, 5) is 12.0. The SMILES string of the molecule is CCC1OCCCC1C(=O)Nc1ccon1. The van der Waals surface area contributed by atoms with Crippen molar-refractivity contribution in [3.05, 3.63) is 12.3 Å². The summed E-state index contributed by atoms with van der Waals surface area (Å²) >= 11 is 0. The molecule has 2 unspecified atom stereocenters. The number of hydrogen-bond acceptors (Lipinski definition) is 4. The van der Waals surface area contributed by atoms with Crippen molar-refractivity contribution in [2.75, 3.05) is 11.9 Å². The van der Waals surface area contributed by atoms with E-state index in [1.807, 2.05) is 6.92 Å². The first kappa shape index (κ1) is 11.1. The zero-order chi connectivity index (χ0) is 11.4. The van der Waals surface area contributed by atoms with Crippen LogP contribution in [0.15, 0.2) is 16.9 Å². The van der Waals surface area contributed by atoms with E-state index in [4.69, 9.17) is 4.74 Å². The zero-order valence-corrected chi connectivity index (χ0v) is 9.31. The van der Waals surface area contributed by atoms with Crippen molar-refractivity contribution in [3.8, 4) is 0 Å². The Kier molecular flexibility index (Phi) is 3.56. The fourth-order valence-electron chi connectivity index (χ4n) is 2.04. The average molecular weight is 224 g/mol. The third kappa shape index (κ3) is 2.41. The minimum atomic E-state index is -0.0737. The van der Waals surface area contributed by atoms with E-state index in [0.29, 0.717) is 5.82 Å². The minimum absolute atomic E-state index is 0.0274. The maximum Gasteiger partial charge on any atom is 0.231 e. The Balaban J connectivity index is 1.97. The Morgan fingerprint density at radius 2 is 2.56 bits per heavy atom. The van der Waals surface area contributed by atoms with E-state index < -0.39 is 0 Å². The van der Waals surface area contributed by atoms with Gasteiger partial charge in [-0.3, -0.25) is 4.79 Å². The third-order valence-corrected chi connectivity index (χ3v) is 2.87. The second-order valence-electron chi connectivity index (χ2n) is 3.94. The van der Waals surface area contributed by atoms with Crippen LogP contribution < -0.4 is 5.32 Å². The van der Waals surface area contributed by atoms with E-state index >= 15 is 0 Å². The average Bonchev–Trinajstić information content (AvgIpc) is 2.81. The van der Waals surface area contributed by atoms with Gasteiger partial charge < -0.3 is 14.6 Å². The van der Waals surface area contributed by atoms with Gasteiger partial charge in [-0.15, -0.1) is 0 Å². The Morgan fingerprint density at radius 3 is 3.25 bits per heavy atom. The van der Waals surface area contributed by atoms with Gasteiger partial charge >= 0.3 is 0 Å². The van der Waals surface area contributed by atoms with Gasteiger partial charge in [0.1, 0.15) is 6.26 Å². The highest BCUT2D eigenvalue weighted by Gasteiger charge is 2.30. The predicted molar refractivity (Wildman–Crippen MR) is 57.9 cm³/mol. The molecule has 5 heteroatoms. The number of ether oxygens (including phenoxy) is 1. The van der Waals surface area contributed by atoms with E-state index in [9.17, 15) is 4.79 Å². The van der Waals surface area contributed by atoms with Crippen molar-refractivity contribution in [1.29, 1.82) is 0 Å². The van der Waals surface area contributed by atoms with Crippen molar-refractivity contribution in [3.63, 3.8) is 0 Å². The highest BCUT2D eigenvalue weighted by Crippen LogP contribution is 2.24. The summed E-state index contributed by atoms with van der Waals surface area (Å²) in [6.45, 7) is 2.79. The van der Waals surface area contributed by atoms with Gasteiger partial charge in [0, 0.05) is 12.7 Å². The number of rotatable bonds is 3. The number of nitrogens with one attached hydrogen (secondary N) is 1. The minimum Gasteiger partial charge on any atom is -0.377 e. The van der Waals surface area contributed by atoms with Crippen LogP contribution in [0.2, 0.25) is 0 Å². The van der Waals surface area contributed by atoms with E-state index in [1.165, 1.54) is 6.26 Å². The molecule has 1 fully saturated rings. The fourth-order valence-corrected chi connectivity index (χ4v) is 2.04. The van der Waals surface area contributed by atoms with Crippen molar-refractivity contribution >= 4 is 11.7 Å². The van der Waals surface area contributed by atoms with Crippen LogP contribution in [0.4, 0.5) is 5.82 Å². The molecular formula is C11H16N2O3. The van der Waals surface area contributed by atoms with Gasteiger partial charge in [-0.05, 0) is 19.3 Å². The van der Waals surface area contributed by atoms with Crippen LogP contribution in [0, 0.1) is 5.92 Å². The molecule has 0 radical (unpaired) electrons. The van der Waals surface area contributed by atoms with Crippen LogP contribution in [0.1, 0.15) is 26.2 Å². The number of anilines is 1.